The Bertz CT molecular complexity index is 1030. The Morgan fingerprint density at radius 1 is 0.963 bits per heavy atom. The summed E-state index contributed by atoms with van der Waals surface area (Å²) in [6.07, 6.45) is 4.47. The van der Waals surface area contributed by atoms with Gasteiger partial charge in [0.05, 0.1) is 17.3 Å². The van der Waals surface area contributed by atoms with Crippen molar-refractivity contribution in [1.82, 2.24) is 4.90 Å². The molecular formula is C23H28N3S+. The third-order valence-corrected chi connectivity index (χ3v) is 7.09. The van der Waals surface area contributed by atoms with Crippen molar-refractivity contribution in [3.8, 4) is 0 Å². The number of aryl methyl sites for hydroxylation is 2. The highest BCUT2D eigenvalue weighted by atomic mass is 32.1. The molecule has 0 saturated heterocycles. The number of benzene rings is 2. The van der Waals surface area contributed by atoms with E-state index >= 15 is 0 Å². The van der Waals surface area contributed by atoms with E-state index in [0.29, 0.717) is 0 Å². The molecule has 4 rings (SSSR count). The molecule has 0 radical (unpaired) electrons. The van der Waals surface area contributed by atoms with E-state index in [1.54, 1.807) is 0 Å². The predicted octanol–water partition coefficient (Wildman–Crippen LogP) is 5.30. The molecule has 1 aromatic heterocycles. The summed E-state index contributed by atoms with van der Waals surface area (Å²) in [5.41, 5.74) is 3.68. The van der Waals surface area contributed by atoms with Gasteiger partial charge in [-0.15, -0.1) is 0 Å². The number of nitrogens with zero attached hydrogens (tertiary/aromatic N) is 3. The molecule has 0 bridgehead atoms. The van der Waals surface area contributed by atoms with Crippen LogP contribution < -0.4 is 9.47 Å². The first-order valence-corrected chi connectivity index (χ1v) is 10.3. The van der Waals surface area contributed by atoms with Gasteiger partial charge in [0.15, 0.2) is 5.66 Å². The highest BCUT2D eigenvalue weighted by molar-refractivity contribution is 7.21. The van der Waals surface area contributed by atoms with Gasteiger partial charge in [-0.25, -0.2) is 9.47 Å². The van der Waals surface area contributed by atoms with Crippen molar-refractivity contribution in [2.24, 2.45) is 7.05 Å². The largest absolute Gasteiger partial charge is 0.343 e. The molecule has 0 atom stereocenters. The van der Waals surface area contributed by atoms with Crippen molar-refractivity contribution in [2.75, 3.05) is 4.90 Å². The highest BCUT2D eigenvalue weighted by Gasteiger charge is 2.49. The van der Waals surface area contributed by atoms with Crippen LogP contribution in [-0.2, 0) is 12.6 Å². The summed E-state index contributed by atoms with van der Waals surface area (Å²) < 4.78 is 3.62. The molecule has 1 aliphatic heterocycles. The van der Waals surface area contributed by atoms with Crippen molar-refractivity contribution >= 4 is 26.7 Å². The number of rotatable bonds is 3. The van der Waals surface area contributed by atoms with E-state index in [1.807, 2.05) is 11.3 Å². The van der Waals surface area contributed by atoms with E-state index in [2.05, 4.69) is 117 Å². The van der Waals surface area contributed by atoms with Crippen LogP contribution >= 0.6 is 11.3 Å². The first-order chi connectivity index (χ1) is 12.7. The number of fused-ring (bicyclic) bond motifs is 1. The normalized spacial score (nSPS) is 16.5. The van der Waals surface area contributed by atoms with E-state index in [-0.39, 0.29) is 11.2 Å². The summed E-state index contributed by atoms with van der Waals surface area (Å²) >= 11 is 1.85. The lowest BCUT2D eigenvalue weighted by Crippen LogP contribution is -2.56. The van der Waals surface area contributed by atoms with E-state index in [0.717, 1.165) is 0 Å². The lowest BCUT2D eigenvalue weighted by molar-refractivity contribution is -0.628. The summed E-state index contributed by atoms with van der Waals surface area (Å²) in [5.74, 6) is 0. The highest BCUT2D eigenvalue weighted by Crippen LogP contribution is 2.43. The van der Waals surface area contributed by atoms with E-state index < -0.39 is 0 Å². The monoisotopic (exact) mass is 378 g/mol. The fraction of sp³-hybridized carbons (Fsp3) is 0.348. The maximum Gasteiger partial charge on any atom is 0.343 e. The van der Waals surface area contributed by atoms with Crippen LogP contribution in [-0.4, -0.2) is 10.6 Å². The van der Waals surface area contributed by atoms with Crippen molar-refractivity contribution in [1.29, 1.82) is 0 Å². The van der Waals surface area contributed by atoms with Gasteiger partial charge in [-0.2, -0.15) is 0 Å². The van der Waals surface area contributed by atoms with Crippen LogP contribution in [0.1, 0.15) is 38.8 Å². The zero-order valence-electron chi connectivity index (χ0n) is 17.0. The van der Waals surface area contributed by atoms with Crippen LogP contribution in [0.3, 0.4) is 0 Å². The Balaban J connectivity index is 1.76. The van der Waals surface area contributed by atoms with Crippen LogP contribution in [0.15, 0.2) is 60.9 Å². The molecule has 27 heavy (non-hydrogen) atoms. The second-order valence-electron chi connectivity index (χ2n) is 8.32. The molecule has 3 nitrogen and oxygen atoms in total. The number of aromatic nitrogens is 1. The van der Waals surface area contributed by atoms with Crippen LogP contribution in [0.5, 0.6) is 0 Å². The minimum Gasteiger partial charge on any atom is -0.325 e. The summed E-state index contributed by atoms with van der Waals surface area (Å²) in [7, 11) is 2.16. The fourth-order valence-corrected chi connectivity index (χ4v) is 5.74. The lowest BCUT2D eigenvalue weighted by Gasteiger charge is -2.45. The van der Waals surface area contributed by atoms with Gasteiger partial charge in [0.2, 0.25) is 0 Å². The van der Waals surface area contributed by atoms with E-state index in [4.69, 9.17) is 0 Å². The van der Waals surface area contributed by atoms with Crippen LogP contribution in [0.25, 0.3) is 10.2 Å². The molecule has 2 heterocycles. The third-order valence-electron chi connectivity index (χ3n) is 5.87. The Hall–Kier alpha value is -2.33. The SMILES string of the molecule is Cc1ccccc1C(C)(C)N1C=CN(c2sc3ccccc3[n+]2C)C1(C)C. The maximum absolute atomic E-state index is 2.48. The van der Waals surface area contributed by atoms with Crippen LogP contribution in [0.2, 0.25) is 0 Å². The van der Waals surface area contributed by atoms with Gasteiger partial charge in [-0.3, -0.25) is 0 Å². The molecule has 0 saturated carbocycles. The van der Waals surface area contributed by atoms with Gasteiger partial charge in [0.25, 0.3) is 0 Å². The Labute approximate surface area is 166 Å². The predicted molar refractivity (Wildman–Crippen MR) is 115 cm³/mol. The van der Waals surface area contributed by atoms with E-state index in [9.17, 15) is 0 Å². The number of hydrogen-bond acceptors (Lipinski definition) is 3. The maximum atomic E-state index is 2.48. The van der Waals surface area contributed by atoms with Crippen molar-refractivity contribution in [3.63, 3.8) is 0 Å². The number of hydrogen-bond donors (Lipinski definition) is 0. The molecule has 0 N–H and O–H groups in total. The molecule has 0 aliphatic carbocycles. The van der Waals surface area contributed by atoms with Gasteiger partial charge in [-0.1, -0.05) is 36.4 Å². The summed E-state index contributed by atoms with van der Waals surface area (Å²) in [5, 5.41) is 1.25. The fourth-order valence-electron chi connectivity index (χ4n) is 4.47. The minimum atomic E-state index is -0.176. The zero-order valence-corrected chi connectivity index (χ0v) is 17.8. The van der Waals surface area contributed by atoms with Crippen LogP contribution in [0.4, 0.5) is 5.13 Å². The van der Waals surface area contributed by atoms with E-state index in [1.165, 1.54) is 26.5 Å². The molecule has 3 aromatic rings. The molecule has 0 amide bonds. The second kappa shape index (κ2) is 6.10. The second-order valence-corrected chi connectivity index (χ2v) is 9.33. The van der Waals surface area contributed by atoms with Gasteiger partial charge in [-0.05, 0) is 69.2 Å². The van der Waals surface area contributed by atoms with Gasteiger partial charge >= 0.3 is 5.13 Å². The molecule has 0 fully saturated rings. The molecule has 0 spiro atoms. The number of anilines is 1. The Morgan fingerprint density at radius 2 is 1.63 bits per heavy atom. The summed E-state index contributed by atoms with van der Waals surface area (Å²) in [6, 6.07) is 17.3. The lowest BCUT2D eigenvalue weighted by atomic mass is 9.87. The Kier molecular flexibility index (Phi) is 4.08. The topological polar surface area (TPSA) is 10.4 Å². The van der Waals surface area contributed by atoms with Gasteiger partial charge in [0.1, 0.15) is 11.7 Å². The molecule has 4 heteroatoms. The number of para-hydroxylation sites is 1. The van der Waals surface area contributed by atoms with Crippen LogP contribution in [0, 0.1) is 6.92 Å². The molecule has 1 aliphatic rings. The first-order valence-electron chi connectivity index (χ1n) is 9.45. The molecule has 0 unspecified atom stereocenters. The quantitative estimate of drug-likeness (QED) is 0.573. The summed E-state index contributed by atoms with van der Waals surface area (Å²) in [4.78, 5) is 4.88. The first kappa shape index (κ1) is 18.1. The molecular weight excluding hydrogens is 350 g/mol. The smallest absolute Gasteiger partial charge is 0.325 e. The van der Waals surface area contributed by atoms with Gasteiger partial charge < -0.3 is 4.90 Å². The zero-order chi connectivity index (χ0) is 19.4. The van der Waals surface area contributed by atoms with Crippen molar-refractivity contribution < 1.29 is 4.57 Å². The molecule has 2 aromatic carbocycles. The Morgan fingerprint density at radius 3 is 2.33 bits per heavy atom. The average molecular weight is 379 g/mol. The molecule has 140 valence electrons. The van der Waals surface area contributed by atoms with Gasteiger partial charge in [0, 0.05) is 6.20 Å². The minimum absolute atomic E-state index is 0.116. The number of thiazole rings is 1. The van der Waals surface area contributed by atoms with Crippen molar-refractivity contribution in [3.05, 3.63) is 72.1 Å². The summed E-state index contributed by atoms with van der Waals surface area (Å²) in [6.45, 7) is 11.4. The van der Waals surface area contributed by atoms with Crippen molar-refractivity contribution in [2.45, 2.75) is 45.8 Å². The standard InChI is InChI=1S/C23H28N3S/c1-17-11-7-8-12-18(17)22(2,3)26-16-15-25(23(26,4)5)21-24(6)19-13-9-10-14-20(19)27-21/h7-16H,1-6H3/q+1. The third kappa shape index (κ3) is 2.66. The average Bonchev–Trinajstić information content (AvgIpc) is 3.12.